The number of aryl methyl sites for hydroxylation is 1. The van der Waals surface area contributed by atoms with Crippen molar-refractivity contribution in [3.05, 3.63) is 16.0 Å². The van der Waals surface area contributed by atoms with Crippen LogP contribution in [0.4, 0.5) is 5.00 Å². The summed E-state index contributed by atoms with van der Waals surface area (Å²) in [7, 11) is 0. The Morgan fingerprint density at radius 3 is 2.68 bits per heavy atom. The van der Waals surface area contributed by atoms with Crippen LogP contribution in [0.15, 0.2) is 0 Å². The van der Waals surface area contributed by atoms with Gasteiger partial charge >= 0.3 is 0 Å². The Morgan fingerprint density at radius 1 is 1.32 bits per heavy atom. The van der Waals surface area contributed by atoms with Gasteiger partial charge in [-0.15, -0.1) is 23.7 Å². The number of anilines is 1. The molecule has 0 bridgehead atoms. The monoisotopic (exact) mass is 344 g/mol. The molecule has 0 radical (unpaired) electrons. The van der Waals surface area contributed by atoms with Gasteiger partial charge in [0, 0.05) is 18.1 Å². The Balaban J connectivity index is 0.00000176. The van der Waals surface area contributed by atoms with Crippen LogP contribution in [0.2, 0.25) is 0 Å². The molecular weight excluding hydrogens is 320 g/mol. The number of rotatable bonds is 3. The number of ether oxygens (including phenoxy) is 1. The molecule has 124 valence electrons. The fraction of sp³-hybridized carbons (Fsp3) is 0.688. The van der Waals surface area contributed by atoms with Gasteiger partial charge in [0.05, 0.1) is 11.0 Å². The van der Waals surface area contributed by atoms with Crippen molar-refractivity contribution >= 4 is 34.7 Å². The predicted octanol–water partition coefficient (Wildman–Crippen LogP) is 3.05. The highest BCUT2D eigenvalue weighted by atomic mass is 35.5. The number of nitrogens with two attached hydrogens (primary N) is 1. The van der Waals surface area contributed by atoms with E-state index in [1.165, 1.54) is 28.8 Å². The Bertz CT molecular complexity index is 526. The highest BCUT2D eigenvalue weighted by Gasteiger charge is 2.28. The third kappa shape index (κ3) is 3.65. The zero-order chi connectivity index (χ0) is 14.8. The third-order valence-electron chi connectivity index (χ3n) is 4.75. The van der Waals surface area contributed by atoms with E-state index in [-0.39, 0.29) is 24.2 Å². The summed E-state index contributed by atoms with van der Waals surface area (Å²) in [6.07, 6.45) is 6.60. The maximum Gasteiger partial charge on any atom is 0.242 e. The summed E-state index contributed by atoms with van der Waals surface area (Å²) in [5, 5.41) is 4.09. The molecule has 2 aliphatic rings. The Morgan fingerprint density at radius 2 is 2.00 bits per heavy atom. The summed E-state index contributed by atoms with van der Waals surface area (Å²) in [5.41, 5.74) is 8.86. The first-order valence-corrected chi connectivity index (χ1v) is 8.74. The van der Waals surface area contributed by atoms with E-state index in [4.69, 9.17) is 10.5 Å². The van der Waals surface area contributed by atoms with Crippen molar-refractivity contribution in [2.24, 2.45) is 11.7 Å². The maximum atomic E-state index is 12.4. The van der Waals surface area contributed by atoms with Crippen molar-refractivity contribution in [2.75, 3.05) is 18.5 Å². The van der Waals surface area contributed by atoms with E-state index in [2.05, 4.69) is 12.2 Å². The lowest BCUT2D eigenvalue weighted by molar-refractivity contribution is -0.119. The minimum Gasteiger partial charge on any atom is -0.381 e. The number of halogens is 1. The minimum absolute atomic E-state index is 0. The normalized spacial score (nSPS) is 19.9. The molecule has 1 amide bonds. The van der Waals surface area contributed by atoms with Gasteiger partial charge in [0.1, 0.15) is 0 Å². The highest BCUT2D eigenvalue weighted by molar-refractivity contribution is 7.16. The van der Waals surface area contributed by atoms with E-state index in [1.54, 1.807) is 11.3 Å². The van der Waals surface area contributed by atoms with E-state index in [1.807, 2.05) is 0 Å². The lowest BCUT2D eigenvalue weighted by atomic mass is 9.92. The van der Waals surface area contributed by atoms with E-state index >= 15 is 0 Å². The topological polar surface area (TPSA) is 64.4 Å². The standard InChI is InChI=1S/C16H24N2O2S.ClH/c1-10-12-4-2-3-5-13(12)21-16(10)18-15(19)14(17)11-6-8-20-9-7-11;/h11,14H,2-9,17H2,1H3,(H,18,19);1H. The van der Waals surface area contributed by atoms with Crippen LogP contribution in [0.3, 0.4) is 0 Å². The Hall–Kier alpha value is -0.620. The number of nitrogens with one attached hydrogen (secondary N) is 1. The van der Waals surface area contributed by atoms with Crippen molar-refractivity contribution in [1.29, 1.82) is 0 Å². The summed E-state index contributed by atoms with van der Waals surface area (Å²) >= 11 is 1.74. The van der Waals surface area contributed by atoms with E-state index < -0.39 is 6.04 Å². The number of thiophene rings is 1. The van der Waals surface area contributed by atoms with Crippen molar-refractivity contribution in [3.8, 4) is 0 Å². The average molecular weight is 345 g/mol. The van der Waals surface area contributed by atoms with Crippen LogP contribution in [0, 0.1) is 12.8 Å². The molecule has 6 heteroatoms. The zero-order valence-electron chi connectivity index (χ0n) is 13.0. The maximum absolute atomic E-state index is 12.4. The second-order valence-corrected chi connectivity index (χ2v) is 7.24. The lowest BCUT2D eigenvalue weighted by Crippen LogP contribution is -2.43. The van der Waals surface area contributed by atoms with Gasteiger partial charge in [0.25, 0.3) is 0 Å². The first kappa shape index (κ1) is 17.7. The zero-order valence-corrected chi connectivity index (χ0v) is 14.7. The largest absolute Gasteiger partial charge is 0.381 e. The van der Waals surface area contributed by atoms with Crippen molar-refractivity contribution in [3.63, 3.8) is 0 Å². The van der Waals surface area contributed by atoms with Crippen molar-refractivity contribution in [2.45, 2.75) is 51.5 Å². The van der Waals surface area contributed by atoms with Gasteiger partial charge in [-0.1, -0.05) is 0 Å². The molecule has 0 aromatic carbocycles. The van der Waals surface area contributed by atoms with Gasteiger partial charge < -0.3 is 15.8 Å². The van der Waals surface area contributed by atoms with Crippen LogP contribution in [-0.4, -0.2) is 25.2 Å². The molecule has 2 heterocycles. The number of carbonyl (C=O) groups excluding carboxylic acids is 1. The second-order valence-electron chi connectivity index (χ2n) is 6.13. The molecule has 1 saturated heterocycles. The van der Waals surface area contributed by atoms with Crippen molar-refractivity contribution < 1.29 is 9.53 Å². The number of hydrogen-bond donors (Lipinski definition) is 2. The molecule has 4 nitrogen and oxygen atoms in total. The van der Waals surface area contributed by atoms with Crippen LogP contribution in [-0.2, 0) is 22.4 Å². The number of carbonyl (C=O) groups is 1. The van der Waals surface area contributed by atoms with Crippen LogP contribution in [0.5, 0.6) is 0 Å². The van der Waals surface area contributed by atoms with Gasteiger partial charge in [-0.2, -0.15) is 0 Å². The number of amides is 1. The van der Waals surface area contributed by atoms with E-state index in [0.29, 0.717) is 0 Å². The Kier molecular flexibility index (Phi) is 6.26. The van der Waals surface area contributed by atoms with Crippen LogP contribution < -0.4 is 11.1 Å². The van der Waals surface area contributed by atoms with E-state index in [0.717, 1.165) is 43.9 Å². The summed E-state index contributed by atoms with van der Waals surface area (Å²) in [6, 6.07) is -0.424. The second kappa shape index (κ2) is 7.77. The molecule has 1 fully saturated rings. The first-order valence-electron chi connectivity index (χ1n) is 7.92. The quantitative estimate of drug-likeness (QED) is 0.885. The molecule has 1 aliphatic carbocycles. The van der Waals surface area contributed by atoms with Crippen LogP contribution in [0.1, 0.15) is 41.7 Å². The highest BCUT2D eigenvalue weighted by Crippen LogP contribution is 2.37. The molecule has 1 unspecified atom stereocenters. The molecule has 1 aliphatic heterocycles. The SMILES string of the molecule is Cc1c(NC(=O)C(N)C2CCOCC2)sc2c1CCCC2.Cl. The molecule has 0 spiro atoms. The number of fused-ring (bicyclic) bond motifs is 1. The average Bonchev–Trinajstić information content (AvgIpc) is 2.84. The van der Waals surface area contributed by atoms with Crippen LogP contribution in [0.25, 0.3) is 0 Å². The smallest absolute Gasteiger partial charge is 0.242 e. The van der Waals surface area contributed by atoms with Gasteiger partial charge in [-0.25, -0.2) is 0 Å². The first-order chi connectivity index (χ1) is 10.2. The predicted molar refractivity (Wildman–Crippen MR) is 93.1 cm³/mol. The molecule has 0 saturated carbocycles. The summed E-state index contributed by atoms with van der Waals surface area (Å²) in [4.78, 5) is 13.9. The summed E-state index contributed by atoms with van der Waals surface area (Å²) in [6.45, 7) is 3.56. The van der Waals surface area contributed by atoms with Gasteiger partial charge in [-0.05, 0) is 62.5 Å². The van der Waals surface area contributed by atoms with Gasteiger partial charge in [0.15, 0.2) is 0 Å². The molecule has 1 aromatic heterocycles. The molecule has 3 rings (SSSR count). The fourth-order valence-electron chi connectivity index (χ4n) is 3.33. The van der Waals surface area contributed by atoms with Crippen LogP contribution >= 0.6 is 23.7 Å². The number of hydrogen-bond acceptors (Lipinski definition) is 4. The minimum atomic E-state index is -0.424. The molecule has 1 aromatic rings. The van der Waals surface area contributed by atoms with Crippen molar-refractivity contribution in [1.82, 2.24) is 0 Å². The summed E-state index contributed by atoms with van der Waals surface area (Å²) < 4.78 is 5.34. The fourth-order valence-corrected chi connectivity index (χ4v) is 4.63. The summed E-state index contributed by atoms with van der Waals surface area (Å²) in [5.74, 6) is 0.206. The van der Waals surface area contributed by atoms with Gasteiger partial charge in [0.2, 0.25) is 5.91 Å². The molecule has 1 atom stereocenters. The molecule has 22 heavy (non-hydrogen) atoms. The lowest BCUT2D eigenvalue weighted by Gasteiger charge is -2.26. The van der Waals surface area contributed by atoms with Gasteiger partial charge in [-0.3, -0.25) is 4.79 Å². The molecular formula is C16H25ClN2O2S. The Labute approximate surface area is 142 Å². The molecule has 3 N–H and O–H groups in total. The van der Waals surface area contributed by atoms with E-state index in [9.17, 15) is 4.79 Å². The third-order valence-corrected chi connectivity index (χ3v) is 6.06.